The third-order valence-electron chi connectivity index (χ3n) is 21.6. The van der Waals surface area contributed by atoms with Gasteiger partial charge in [-0.2, -0.15) is 0 Å². The molecule has 5 heterocycles. The number of phenols is 1. The highest BCUT2D eigenvalue weighted by Crippen LogP contribution is 2.41. The summed E-state index contributed by atoms with van der Waals surface area (Å²) in [6.07, 6.45) is -1.22. The van der Waals surface area contributed by atoms with Crippen LogP contribution in [0.1, 0.15) is 94.8 Å². The summed E-state index contributed by atoms with van der Waals surface area (Å²) in [4.78, 5) is 131. The number of aliphatic carboxylic acids is 2. The minimum atomic E-state index is -1.65. The molecule has 0 saturated heterocycles. The van der Waals surface area contributed by atoms with Gasteiger partial charge >= 0.3 is 36.1 Å². The summed E-state index contributed by atoms with van der Waals surface area (Å²) in [5.74, 6) is -8.88. The number of nitrogens with zero attached hydrogens (tertiary/aromatic N) is 7. The summed E-state index contributed by atoms with van der Waals surface area (Å²) < 4.78 is 45.1. The van der Waals surface area contributed by atoms with Crippen LogP contribution in [-0.2, 0) is 85.3 Å². The summed E-state index contributed by atoms with van der Waals surface area (Å²) >= 11 is 25.6. The number of carbonyl (C=O) groups excluding carboxylic acids is 9. The van der Waals surface area contributed by atoms with Crippen molar-refractivity contribution in [3.63, 3.8) is 0 Å². The summed E-state index contributed by atoms with van der Waals surface area (Å²) in [5.41, 5.74) is 25.2. The number of likely N-dealkylation sites (N-methyl/N-ethyl adjacent to an activating group) is 1. The number of methoxy groups -OCH3 is 3. The highest BCUT2D eigenvalue weighted by atomic mass is 79.9. The maximum absolute atomic E-state index is 12.8. The number of carboxylic acids is 2. The second-order valence-corrected chi connectivity index (χ2v) is 36.1. The number of rotatable bonds is 30. The fourth-order valence-electron chi connectivity index (χ4n) is 15.1. The van der Waals surface area contributed by atoms with Crippen molar-refractivity contribution in [2.24, 2.45) is 17.2 Å². The second-order valence-electron chi connectivity index (χ2n) is 33.0. The zero-order valence-electron chi connectivity index (χ0n) is 81.5. The zero-order chi connectivity index (χ0) is 106. The van der Waals surface area contributed by atoms with Gasteiger partial charge in [-0.05, 0) is 156 Å². The van der Waals surface area contributed by atoms with Crippen molar-refractivity contribution in [1.29, 1.82) is 0 Å². The molecule has 3 amide bonds. The quantitative estimate of drug-likeness (QED) is 0.00418. The number of aromatic hydroxyl groups is 1. The molecule has 0 fully saturated rings. The van der Waals surface area contributed by atoms with Crippen LogP contribution in [0.4, 0.5) is 0 Å². The van der Waals surface area contributed by atoms with Gasteiger partial charge in [0.05, 0.1) is 103 Å². The Morgan fingerprint density at radius 2 is 0.621 bits per heavy atom. The van der Waals surface area contributed by atoms with Gasteiger partial charge in [-0.15, -0.1) is 12.4 Å². The number of benzene rings is 10. The Balaban J connectivity index is 0.000000269. The van der Waals surface area contributed by atoms with E-state index in [0.29, 0.717) is 80.9 Å². The van der Waals surface area contributed by atoms with Crippen molar-refractivity contribution in [3.05, 3.63) is 328 Å². The topological polar surface area (TPSA) is 439 Å². The zero-order valence-corrected chi connectivity index (χ0v) is 86.9. The first kappa shape index (κ1) is 119. The molecular formula is C107H117BrCl5N10O22+. The van der Waals surface area contributed by atoms with Gasteiger partial charge in [0.15, 0.2) is 4.29 Å². The normalized spacial score (nSPS) is 11.6. The summed E-state index contributed by atoms with van der Waals surface area (Å²) in [7, 11) is 15.8. The number of hydrogen-bond acceptors (Lipinski definition) is 21. The van der Waals surface area contributed by atoms with Gasteiger partial charge in [0.1, 0.15) is 28.7 Å². The lowest BCUT2D eigenvalue weighted by Crippen LogP contribution is -2.53. The van der Waals surface area contributed by atoms with E-state index in [0.717, 1.165) is 70.1 Å². The maximum atomic E-state index is 12.8. The first-order valence-electron chi connectivity index (χ1n) is 43.8. The molecule has 5 aromatic heterocycles. The summed E-state index contributed by atoms with van der Waals surface area (Å²) in [6, 6.07) is 80.0. The van der Waals surface area contributed by atoms with E-state index in [1.54, 1.807) is 103 Å². The number of esters is 3. The van der Waals surface area contributed by atoms with Crippen LogP contribution in [0.25, 0.3) is 54.5 Å². The molecule has 0 spiro atoms. The van der Waals surface area contributed by atoms with E-state index in [1.807, 2.05) is 210 Å². The Morgan fingerprint density at radius 1 is 0.366 bits per heavy atom. The van der Waals surface area contributed by atoms with Gasteiger partial charge in [0.25, 0.3) is 51.8 Å². The monoisotopic (exact) mass is 2150 g/mol. The van der Waals surface area contributed by atoms with Gasteiger partial charge in [-0.1, -0.05) is 252 Å². The molecule has 10 N–H and O–H groups in total. The molecule has 0 aliphatic carbocycles. The van der Waals surface area contributed by atoms with Gasteiger partial charge in [-0.3, -0.25) is 33.3 Å². The number of Topliss-reactive ketones (excluding diaryl/α,β-unsaturated/α-hetero) is 3. The third kappa shape index (κ3) is 31.3. The lowest BCUT2D eigenvalue weighted by atomic mass is 10.1. The number of carbonyl (C=O) groups is 11. The van der Waals surface area contributed by atoms with Crippen LogP contribution in [-0.4, -0.2) is 215 Å². The number of nitrogens with two attached hydrogens (primary N) is 3. The number of primary amides is 3. The number of quaternary nitrogens is 1. The number of aliphatic hydroxyl groups is 1. The first-order chi connectivity index (χ1) is 67.9. The van der Waals surface area contributed by atoms with Gasteiger partial charge < -0.3 is 98.5 Å². The van der Waals surface area contributed by atoms with Crippen molar-refractivity contribution in [2.45, 2.75) is 102 Å². The first-order valence-corrected chi connectivity index (χ1v) is 46.5. The molecular weight excluding hydrogens is 2030 g/mol. The predicted octanol–water partition coefficient (Wildman–Crippen LogP) is 17.4. The van der Waals surface area contributed by atoms with Crippen LogP contribution in [0.15, 0.2) is 255 Å². The van der Waals surface area contributed by atoms with Crippen molar-refractivity contribution < 1.29 is 111 Å². The maximum Gasteiger partial charge on any atom is 0.405 e. The van der Waals surface area contributed by atoms with Crippen molar-refractivity contribution in [2.75, 3.05) is 70.7 Å². The minimum absolute atomic E-state index is 0. The molecule has 15 rings (SSSR count). The summed E-state index contributed by atoms with van der Waals surface area (Å²) in [5, 5.41) is 38.4. The van der Waals surface area contributed by atoms with Gasteiger partial charge in [0, 0.05) is 79.1 Å². The van der Waals surface area contributed by atoms with Crippen LogP contribution in [0, 0.1) is 34.6 Å². The largest absolute Gasteiger partial charge is 0.507 e. The van der Waals surface area contributed by atoms with E-state index >= 15 is 0 Å². The van der Waals surface area contributed by atoms with Crippen molar-refractivity contribution in [1.82, 2.24) is 27.7 Å². The van der Waals surface area contributed by atoms with E-state index in [1.165, 1.54) is 38.5 Å². The highest BCUT2D eigenvalue weighted by Gasteiger charge is 2.37. The molecule has 0 aliphatic rings. The van der Waals surface area contributed by atoms with E-state index in [9.17, 15) is 63.0 Å². The Hall–Kier alpha value is -14.5. The standard InChI is InChI=1S/C23H25N3O5.C21H19ClN2O5.C20H17ClN2O5.C19H18ClNO3.C16H15NO.C3H4BrClO2.C3H9N.CH4O.CH4.ClH/c1-14-18(20(27)21(24)28)19-16(25(14)13-15-9-6-5-7-10-15)11-8-12-17(19)31-22(23(29)30)26(2,3)4;1-12-16(18(25)20(23)26)17-14(24(12)11-13-7-4-3-5-8-13)9-6-10-15(17)29-19(22)21(27)28-2;1-11-15(17(24)19(22)25)16-13(23(11)10-12-6-3-2-4-7-12)8-5-9-14(16)28-18(21)20(26)27;1-13-11-15-16(21(13)12-14-7-4-3-5-8-14)9-6-10-17(15)24-18(20)19(22)23-2;1-12-10-14-15(8-5-9-16(14)18)17(12)11-13-6-3-2-4-7-13;1-7-3(6)2(4)5;1-4(2)3;1-2;;/h5-12,22H,13H2,1-4H3,(H2-,24,28,29,30);3-10,19H,11H2,1-2H3,(H2,23,26);2-9,18H,10H2,1H3,(H2,22,25)(H,26,27);3-11,18H,12H2,1-2H3;2-10,18H,11H2,1H3;2H,1H3;1-3H3;2H,1H3;1H4;1H/p+1. The Labute approximate surface area is 873 Å². The van der Waals surface area contributed by atoms with Gasteiger partial charge in [-0.25, -0.2) is 24.0 Å². The minimum Gasteiger partial charge on any atom is -0.507 e. The molecule has 5 unspecified atom stereocenters. The van der Waals surface area contributed by atoms with Crippen LogP contribution in [0.5, 0.6) is 28.7 Å². The molecule has 0 bridgehead atoms. The SMILES string of the molecule is C.CN(C)C.CO.COC(=O)C(Cl)Br.COC(=O)C(Cl)Oc1cccc2c1c(C(=O)C(N)=O)c(C)n2Cc1ccccc1.COC(=O)C(Cl)Oc1cccc2c1cc(C)n2Cc1ccccc1.Cc1c(C(=O)C(N)=O)c2c(OC(C(=O)O)[N+](C)(C)C)cccc2n1Cc1ccccc1.Cc1c(C(=O)C(N)=O)c2c(OC(Cl)C(=O)O)cccc2n1Cc1ccccc1.Cc1cc2c(O)cccc2n1Cc1ccccc1.Cl. The molecule has 0 radical (unpaired) electrons. The van der Waals surface area contributed by atoms with Crippen molar-refractivity contribution in [3.8, 4) is 28.7 Å². The Morgan fingerprint density at radius 3 is 0.890 bits per heavy atom. The molecule has 145 heavy (non-hydrogen) atoms. The number of ether oxygens (including phenoxy) is 7. The Bertz CT molecular complexity index is 7010. The smallest absolute Gasteiger partial charge is 0.405 e. The number of amides is 3. The molecule has 32 nitrogen and oxygen atoms in total. The second kappa shape index (κ2) is 55.9. The van der Waals surface area contributed by atoms with Crippen LogP contribution < -0.4 is 36.1 Å². The number of carboxylic acid groups (broad SMARTS) is 2. The number of alkyl halides is 5. The fourth-order valence-corrected chi connectivity index (χ4v) is 15.9. The molecule has 0 aliphatic heterocycles. The molecule has 38 heteroatoms. The summed E-state index contributed by atoms with van der Waals surface area (Å²) in [6.45, 7) is 12.2. The lowest BCUT2D eigenvalue weighted by Gasteiger charge is -2.30. The van der Waals surface area contributed by atoms with Gasteiger partial charge in [0.2, 0.25) is 0 Å². The molecule has 5 atom stereocenters. The van der Waals surface area contributed by atoms with Crippen LogP contribution in [0.2, 0.25) is 0 Å². The van der Waals surface area contributed by atoms with E-state index < -0.39 is 92.1 Å². The van der Waals surface area contributed by atoms with Crippen molar-refractivity contribution >= 4 is 194 Å². The lowest BCUT2D eigenvalue weighted by molar-refractivity contribution is -0.905. The number of fused-ring (bicyclic) bond motifs is 5. The average Bonchev–Trinajstić information content (AvgIpc) is 1.61. The molecule has 768 valence electrons. The highest BCUT2D eigenvalue weighted by molar-refractivity contribution is 9.10. The van der Waals surface area contributed by atoms with Crippen LogP contribution >= 0.6 is 74.7 Å². The van der Waals surface area contributed by atoms with Crippen LogP contribution in [0.3, 0.4) is 0 Å². The number of aliphatic hydroxyl groups excluding tert-OH is 1. The fraction of sp³-hybridized carbons (Fsp3) is 0.243. The number of aryl methyl sites for hydroxylation is 2. The number of aromatic nitrogens is 5. The molecule has 10 aromatic carbocycles. The molecule has 15 aromatic rings. The Kier molecular flexibility index (Phi) is 46.0. The number of halogens is 6. The number of hydrogen-bond donors (Lipinski definition) is 7. The van der Waals surface area contributed by atoms with E-state index in [4.69, 9.17) is 92.8 Å². The van der Waals surface area contributed by atoms with E-state index in [2.05, 4.69) is 70.5 Å². The number of phenolic OH excluding ortho intramolecular Hbond substituents is 1. The molecule has 0 saturated carbocycles. The number of ketones is 3. The average molecular weight is 2150 g/mol. The van der Waals surface area contributed by atoms with E-state index in [-0.39, 0.29) is 58.3 Å². The predicted molar refractivity (Wildman–Crippen MR) is 568 cm³/mol. The third-order valence-corrected chi connectivity index (χ3v) is 23.0.